The highest BCUT2D eigenvalue weighted by Gasteiger charge is 2.23. The smallest absolute Gasteiger partial charge is 0.298 e. The van der Waals surface area contributed by atoms with Gasteiger partial charge in [0, 0.05) is 0 Å². The van der Waals surface area contributed by atoms with Gasteiger partial charge in [-0.05, 0) is 30.3 Å². The van der Waals surface area contributed by atoms with Gasteiger partial charge in [0.15, 0.2) is 0 Å². The van der Waals surface area contributed by atoms with Gasteiger partial charge in [-0.2, -0.15) is 8.42 Å². The number of benzene rings is 2. The Labute approximate surface area is 142 Å². The monoisotopic (exact) mass is 397 g/mol. The summed E-state index contributed by atoms with van der Waals surface area (Å²) >= 11 is 11.7. The minimum Gasteiger partial charge on any atom is -0.506 e. The molecule has 0 aliphatic rings. The van der Waals surface area contributed by atoms with Crippen LogP contribution in [0.5, 0.6) is 5.75 Å². The predicted octanol–water partition coefficient (Wildman–Crippen LogP) is 2.75. The fraction of sp³-hybridized carbons (Fsp3) is 0. The second kappa shape index (κ2) is 6.17. The third-order valence-electron chi connectivity index (χ3n) is 2.68. The van der Waals surface area contributed by atoms with Crippen molar-refractivity contribution >= 4 is 49.0 Å². The molecule has 11 heteroatoms. The Balaban J connectivity index is 2.51. The number of nitrogens with one attached hydrogen (secondary N) is 1. The molecule has 0 saturated carbocycles. The molecule has 0 atom stereocenters. The molecule has 2 aromatic carbocycles. The highest BCUT2D eigenvalue weighted by atomic mass is 35.5. The zero-order valence-corrected chi connectivity index (χ0v) is 14.2. The quantitative estimate of drug-likeness (QED) is 0.538. The zero-order valence-electron chi connectivity index (χ0n) is 11.1. The summed E-state index contributed by atoms with van der Waals surface area (Å²) in [7, 11) is -8.95. The number of hydrogen-bond donors (Lipinski definition) is 3. The van der Waals surface area contributed by atoms with E-state index in [2.05, 4.69) is 4.72 Å². The van der Waals surface area contributed by atoms with Gasteiger partial charge in [0.25, 0.3) is 20.1 Å². The molecule has 2 rings (SSSR count). The summed E-state index contributed by atoms with van der Waals surface area (Å²) in [5.41, 5.74) is -0.216. The topological polar surface area (TPSA) is 121 Å². The van der Waals surface area contributed by atoms with Crippen LogP contribution in [-0.4, -0.2) is 26.5 Å². The Morgan fingerprint density at radius 3 is 2.04 bits per heavy atom. The standard InChI is InChI=1S/C12H9Cl2NO6S2/c13-8-2-1-3-9(14)12(8)22(17,18)15-7-4-5-10(16)11(6-7)23(19,20)21/h1-6,15-16H,(H,19,20,21). The highest BCUT2D eigenvalue weighted by molar-refractivity contribution is 7.93. The first kappa shape index (κ1) is 17.8. The number of sulfonamides is 1. The Bertz CT molecular complexity index is 953. The van der Waals surface area contributed by atoms with Crippen LogP contribution in [0.2, 0.25) is 10.0 Å². The van der Waals surface area contributed by atoms with Gasteiger partial charge in [0.1, 0.15) is 15.5 Å². The maximum atomic E-state index is 12.3. The van der Waals surface area contributed by atoms with Crippen LogP contribution in [0, 0.1) is 0 Å². The van der Waals surface area contributed by atoms with E-state index >= 15 is 0 Å². The van der Waals surface area contributed by atoms with Gasteiger partial charge in [-0.15, -0.1) is 0 Å². The summed E-state index contributed by atoms with van der Waals surface area (Å²) in [6.45, 7) is 0. The van der Waals surface area contributed by atoms with Crippen molar-refractivity contribution in [2.24, 2.45) is 0 Å². The lowest BCUT2D eigenvalue weighted by molar-refractivity contribution is 0.443. The lowest BCUT2D eigenvalue weighted by atomic mass is 10.3. The van der Waals surface area contributed by atoms with Gasteiger partial charge in [-0.25, -0.2) is 8.42 Å². The molecule has 0 saturated heterocycles. The fourth-order valence-electron chi connectivity index (χ4n) is 1.73. The number of anilines is 1. The molecule has 7 nitrogen and oxygen atoms in total. The van der Waals surface area contributed by atoms with E-state index in [4.69, 9.17) is 27.8 Å². The van der Waals surface area contributed by atoms with Gasteiger partial charge >= 0.3 is 0 Å². The summed E-state index contributed by atoms with van der Waals surface area (Å²) in [6.07, 6.45) is 0. The molecule has 3 N–H and O–H groups in total. The summed E-state index contributed by atoms with van der Waals surface area (Å²) in [4.78, 5) is -1.23. The van der Waals surface area contributed by atoms with Gasteiger partial charge in [-0.1, -0.05) is 29.3 Å². The summed E-state index contributed by atoms with van der Waals surface area (Å²) < 4.78 is 58.0. The van der Waals surface area contributed by atoms with Crippen LogP contribution in [-0.2, 0) is 20.1 Å². The fourth-order valence-corrected chi connectivity index (χ4v) is 4.53. The summed E-state index contributed by atoms with van der Waals surface area (Å²) in [5.74, 6) is -0.730. The van der Waals surface area contributed by atoms with Crippen LogP contribution >= 0.6 is 23.2 Å². The third-order valence-corrected chi connectivity index (χ3v) is 5.90. The Hall–Kier alpha value is -1.52. The SMILES string of the molecule is O=S(=O)(O)c1cc(NS(=O)(=O)c2c(Cl)cccc2Cl)ccc1O. The number of aromatic hydroxyl groups is 1. The first-order valence-corrected chi connectivity index (χ1v) is 9.47. The lowest BCUT2D eigenvalue weighted by Gasteiger charge is -2.12. The second-order valence-corrected chi connectivity index (χ2v) is 8.14. The van der Waals surface area contributed by atoms with Gasteiger partial charge < -0.3 is 5.11 Å². The van der Waals surface area contributed by atoms with Gasteiger partial charge in [0.05, 0.1) is 15.7 Å². The van der Waals surface area contributed by atoms with Crippen molar-refractivity contribution in [1.29, 1.82) is 0 Å². The zero-order chi connectivity index (χ0) is 17.4. The van der Waals surface area contributed by atoms with E-state index in [1.165, 1.54) is 18.2 Å². The number of halogens is 2. The maximum Gasteiger partial charge on any atom is 0.298 e. The minimum absolute atomic E-state index is 0.126. The van der Waals surface area contributed by atoms with Crippen molar-refractivity contribution in [3.05, 3.63) is 46.4 Å². The van der Waals surface area contributed by atoms with E-state index < -0.39 is 30.8 Å². The molecule has 0 radical (unpaired) electrons. The van der Waals surface area contributed by atoms with Crippen molar-refractivity contribution < 1.29 is 26.5 Å². The van der Waals surface area contributed by atoms with Gasteiger partial charge in [0.2, 0.25) is 0 Å². The highest BCUT2D eigenvalue weighted by Crippen LogP contribution is 2.32. The molecule has 0 aromatic heterocycles. The molecular weight excluding hydrogens is 389 g/mol. The van der Waals surface area contributed by atoms with Gasteiger partial charge in [-0.3, -0.25) is 9.27 Å². The molecule has 2 aromatic rings. The molecule has 0 unspecified atom stereocenters. The van der Waals surface area contributed by atoms with E-state index in [-0.39, 0.29) is 20.6 Å². The molecule has 0 amide bonds. The van der Waals surface area contributed by atoms with Crippen LogP contribution in [0.4, 0.5) is 5.69 Å². The first-order chi connectivity index (χ1) is 10.5. The van der Waals surface area contributed by atoms with Crippen LogP contribution in [0.15, 0.2) is 46.2 Å². The Kier molecular flexibility index (Phi) is 4.79. The number of phenolic OH excluding ortho intramolecular Hbond substituents is 1. The van der Waals surface area contributed by atoms with Crippen molar-refractivity contribution in [1.82, 2.24) is 0 Å². The first-order valence-electron chi connectivity index (χ1n) is 5.80. The van der Waals surface area contributed by atoms with Crippen LogP contribution in [0.3, 0.4) is 0 Å². The molecule has 0 heterocycles. The molecule has 0 aliphatic carbocycles. The van der Waals surface area contributed by atoms with E-state index in [9.17, 15) is 21.9 Å². The Morgan fingerprint density at radius 1 is 0.957 bits per heavy atom. The number of phenols is 1. The molecule has 124 valence electrons. The van der Waals surface area contributed by atoms with Crippen LogP contribution in [0.1, 0.15) is 0 Å². The summed E-state index contributed by atoms with van der Waals surface area (Å²) in [6, 6.07) is 6.87. The van der Waals surface area contributed by atoms with E-state index in [1.54, 1.807) is 0 Å². The average Bonchev–Trinajstić information content (AvgIpc) is 2.39. The summed E-state index contributed by atoms with van der Waals surface area (Å²) in [5, 5.41) is 9.16. The largest absolute Gasteiger partial charge is 0.506 e. The van der Waals surface area contributed by atoms with Crippen molar-refractivity contribution in [3.8, 4) is 5.75 Å². The Morgan fingerprint density at radius 2 is 1.52 bits per heavy atom. The third kappa shape index (κ3) is 3.88. The molecule has 0 fully saturated rings. The van der Waals surface area contributed by atoms with E-state index in [1.807, 2.05) is 0 Å². The number of rotatable bonds is 4. The minimum atomic E-state index is -4.73. The molecule has 0 bridgehead atoms. The molecule has 23 heavy (non-hydrogen) atoms. The maximum absolute atomic E-state index is 12.3. The second-order valence-electron chi connectivity index (χ2n) is 4.31. The molecular formula is C12H9Cl2NO6S2. The van der Waals surface area contributed by atoms with Crippen LogP contribution < -0.4 is 4.72 Å². The molecule has 0 aliphatic heterocycles. The van der Waals surface area contributed by atoms with Crippen LogP contribution in [0.25, 0.3) is 0 Å². The lowest BCUT2D eigenvalue weighted by Crippen LogP contribution is -2.14. The van der Waals surface area contributed by atoms with Crippen molar-refractivity contribution in [2.45, 2.75) is 9.79 Å². The average molecular weight is 398 g/mol. The number of hydrogen-bond acceptors (Lipinski definition) is 5. The predicted molar refractivity (Wildman–Crippen MR) is 85.2 cm³/mol. The molecule has 0 spiro atoms. The van der Waals surface area contributed by atoms with E-state index in [0.717, 1.165) is 18.2 Å². The normalized spacial score (nSPS) is 12.1. The van der Waals surface area contributed by atoms with Crippen molar-refractivity contribution in [2.75, 3.05) is 4.72 Å². The van der Waals surface area contributed by atoms with E-state index in [0.29, 0.717) is 0 Å². The van der Waals surface area contributed by atoms with Crippen molar-refractivity contribution in [3.63, 3.8) is 0 Å².